The maximum atomic E-state index is 14.5. The van der Waals surface area contributed by atoms with E-state index in [9.17, 15) is 4.39 Å². The van der Waals surface area contributed by atoms with E-state index in [-0.39, 0.29) is 24.0 Å². The fraction of sp³-hybridized carbons (Fsp3) is 0.308. The molecule has 3 heterocycles. The molecule has 1 fully saturated rings. The molecular weight excluding hydrogens is 461 g/mol. The number of aliphatic imine (C=N–C) groups is 1. The fourth-order valence-electron chi connectivity index (χ4n) is 4.49. The molecule has 1 N–H and O–H groups in total. The molecule has 1 aliphatic heterocycles. The lowest BCUT2D eigenvalue weighted by atomic mass is 9.78. The van der Waals surface area contributed by atoms with E-state index in [2.05, 4.69) is 32.7 Å². The molecule has 0 spiro atoms. The molecule has 2 aliphatic rings. The van der Waals surface area contributed by atoms with Crippen molar-refractivity contribution < 1.29 is 13.9 Å². The molecule has 1 atom stereocenters. The van der Waals surface area contributed by atoms with Gasteiger partial charge < -0.3 is 14.9 Å². The number of likely N-dealkylation sites (N-methyl/N-ethyl adjacent to an activating group) is 1. The molecule has 0 bridgehead atoms. The lowest BCUT2D eigenvalue weighted by Crippen LogP contribution is -2.38. The van der Waals surface area contributed by atoms with Crippen molar-refractivity contribution in [2.45, 2.75) is 37.6 Å². The second-order valence-electron chi connectivity index (χ2n) is 9.08. The molecule has 0 radical (unpaired) electrons. The average Bonchev–Trinajstić information content (AvgIpc) is 3.47. The van der Waals surface area contributed by atoms with Crippen LogP contribution in [0.3, 0.4) is 0 Å². The highest BCUT2D eigenvalue weighted by atomic mass is 19.1. The first-order valence-corrected chi connectivity index (χ1v) is 12.0. The second kappa shape index (κ2) is 9.63. The third kappa shape index (κ3) is 4.40. The summed E-state index contributed by atoms with van der Waals surface area (Å²) in [5, 5.41) is 15.1. The van der Waals surface area contributed by atoms with Crippen molar-refractivity contribution in [1.82, 2.24) is 30.2 Å². The Labute approximate surface area is 207 Å². The number of nitrogens with one attached hydrogen (secondary N) is 1. The van der Waals surface area contributed by atoms with E-state index >= 15 is 0 Å². The predicted octanol–water partition coefficient (Wildman–Crippen LogP) is 3.58. The number of rotatable bonds is 8. The van der Waals surface area contributed by atoms with Gasteiger partial charge in [-0.1, -0.05) is 42.5 Å². The largest absolute Gasteiger partial charge is 0.473 e. The third-order valence-corrected chi connectivity index (χ3v) is 6.69. The van der Waals surface area contributed by atoms with Gasteiger partial charge in [0.25, 0.3) is 0 Å². The quantitative estimate of drug-likeness (QED) is 0.406. The summed E-state index contributed by atoms with van der Waals surface area (Å²) in [5.41, 5.74) is 6.00. The normalized spacial score (nSPS) is 21.4. The van der Waals surface area contributed by atoms with Gasteiger partial charge in [-0.3, -0.25) is 4.99 Å². The fourth-order valence-corrected chi connectivity index (χ4v) is 4.49. The number of hydrazine groups is 1. The second-order valence-corrected chi connectivity index (χ2v) is 9.08. The van der Waals surface area contributed by atoms with Gasteiger partial charge in [-0.25, -0.2) is 4.39 Å². The minimum atomic E-state index is -0.384. The van der Waals surface area contributed by atoms with Crippen LogP contribution in [0.25, 0.3) is 17.0 Å². The molecule has 4 aromatic rings. The minimum Gasteiger partial charge on any atom is -0.473 e. The van der Waals surface area contributed by atoms with Crippen LogP contribution in [-0.4, -0.2) is 57.1 Å². The Balaban J connectivity index is 1.25. The van der Waals surface area contributed by atoms with Gasteiger partial charge in [0, 0.05) is 12.6 Å². The number of nitrogens with zero attached hydrogens (tertiary/aromatic N) is 6. The molecule has 10 heteroatoms. The number of fused-ring (bicyclic) bond motifs is 1. The van der Waals surface area contributed by atoms with Crippen LogP contribution in [0, 0.1) is 5.82 Å². The molecule has 36 heavy (non-hydrogen) atoms. The van der Waals surface area contributed by atoms with Crippen molar-refractivity contribution in [2.24, 2.45) is 4.99 Å². The van der Waals surface area contributed by atoms with E-state index in [1.54, 1.807) is 29.1 Å². The Kier molecular flexibility index (Phi) is 6.04. The van der Waals surface area contributed by atoms with Crippen LogP contribution in [-0.2, 0) is 11.3 Å². The first kappa shape index (κ1) is 22.6. The zero-order valence-electron chi connectivity index (χ0n) is 19.8. The summed E-state index contributed by atoms with van der Waals surface area (Å²) in [6.45, 7) is 0.900. The molecule has 1 aliphatic carbocycles. The van der Waals surface area contributed by atoms with Gasteiger partial charge in [0.1, 0.15) is 12.4 Å². The summed E-state index contributed by atoms with van der Waals surface area (Å²) in [7, 11) is 1.90. The number of hydrogen-bond acceptors (Lipinski definition) is 8. The number of hydrogen-bond donors (Lipinski definition) is 1. The van der Waals surface area contributed by atoms with Gasteiger partial charge in [0.15, 0.2) is 17.6 Å². The number of benzene rings is 2. The van der Waals surface area contributed by atoms with E-state index in [1.165, 1.54) is 6.07 Å². The molecule has 0 amide bonds. The zero-order valence-corrected chi connectivity index (χ0v) is 19.8. The van der Waals surface area contributed by atoms with E-state index in [4.69, 9.17) is 14.6 Å². The first-order valence-electron chi connectivity index (χ1n) is 12.0. The van der Waals surface area contributed by atoms with Crippen LogP contribution < -0.4 is 10.2 Å². The Hall–Kier alpha value is -3.89. The average molecular weight is 488 g/mol. The summed E-state index contributed by atoms with van der Waals surface area (Å²) in [5.74, 6) is 0.636. The highest BCUT2D eigenvalue weighted by molar-refractivity contribution is 5.60. The van der Waals surface area contributed by atoms with Gasteiger partial charge >= 0.3 is 0 Å². The van der Waals surface area contributed by atoms with Crippen LogP contribution in [0.1, 0.15) is 29.9 Å². The van der Waals surface area contributed by atoms with E-state index in [0.29, 0.717) is 36.1 Å². The molecule has 2 aromatic heterocycles. The van der Waals surface area contributed by atoms with Crippen molar-refractivity contribution in [3.8, 4) is 17.3 Å². The summed E-state index contributed by atoms with van der Waals surface area (Å²) >= 11 is 0. The summed E-state index contributed by atoms with van der Waals surface area (Å²) in [6.07, 6.45) is 3.35. The first-order chi connectivity index (χ1) is 17.7. The molecule has 0 saturated heterocycles. The Morgan fingerprint density at radius 3 is 2.64 bits per heavy atom. The van der Waals surface area contributed by atoms with E-state index < -0.39 is 0 Å². The van der Waals surface area contributed by atoms with Crippen molar-refractivity contribution in [1.29, 1.82) is 0 Å². The summed E-state index contributed by atoms with van der Waals surface area (Å²) in [6, 6.07) is 18.6. The standard InChI is InChI=1S/C26H26FN7O2/c1-33-24(28-16-29-33)15-36-26-21(18-11-19(12-18)35-14-17-7-3-2-4-8-17)13-23-30-31-25(34(23)32-26)20-9-5-6-10-22(20)27/h2-10,13,16,18-19,24H,11-12,14-15H2,1H3,(H,28,29). The van der Waals surface area contributed by atoms with Gasteiger partial charge in [-0.2, -0.15) is 9.52 Å². The van der Waals surface area contributed by atoms with Crippen molar-refractivity contribution in [3.63, 3.8) is 0 Å². The van der Waals surface area contributed by atoms with Crippen LogP contribution >= 0.6 is 0 Å². The Morgan fingerprint density at radius 2 is 1.86 bits per heavy atom. The zero-order chi connectivity index (χ0) is 24.5. The van der Waals surface area contributed by atoms with Crippen LogP contribution in [0.15, 0.2) is 65.7 Å². The SMILES string of the molecule is CN1NC=NC1COc1nn2c(-c3ccccc3F)nnc2cc1C1CC(OCc2ccccc2)C1. The van der Waals surface area contributed by atoms with Gasteiger partial charge in [0.05, 0.1) is 24.6 Å². The topological polar surface area (TPSA) is 89.2 Å². The smallest absolute Gasteiger partial charge is 0.235 e. The number of aromatic nitrogens is 4. The van der Waals surface area contributed by atoms with Crippen LogP contribution in [0.2, 0.25) is 0 Å². The summed E-state index contributed by atoms with van der Waals surface area (Å²) in [4.78, 5) is 4.37. The van der Waals surface area contributed by atoms with Crippen LogP contribution in [0.5, 0.6) is 5.88 Å². The maximum absolute atomic E-state index is 14.5. The van der Waals surface area contributed by atoms with Gasteiger partial charge in [-0.05, 0) is 42.5 Å². The molecule has 6 rings (SSSR count). The highest BCUT2D eigenvalue weighted by Crippen LogP contribution is 2.43. The predicted molar refractivity (Wildman–Crippen MR) is 132 cm³/mol. The minimum absolute atomic E-state index is 0.167. The highest BCUT2D eigenvalue weighted by Gasteiger charge is 2.35. The Bertz CT molecular complexity index is 1390. The Morgan fingerprint density at radius 1 is 1.06 bits per heavy atom. The number of ether oxygens (including phenoxy) is 2. The van der Waals surface area contributed by atoms with Crippen molar-refractivity contribution in [3.05, 3.63) is 77.6 Å². The molecule has 1 unspecified atom stereocenters. The van der Waals surface area contributed by atoms with Crippen molar-refractivity contribution in [2.75, 3.05) is 13.7 Å². The van der Waals surface area contributed by atoms with Gasteiger partial charge in [0.2, 0.25) is 5.88 Å². The van der Waals surface area contributed by atoms with Crippen molar-refractivity contribution >= 4 is 12.0 Å². The lowest BCUT2D eigenvalue weighted by molar-refractivity contribution is -0.0213. The molecule has 1 saturated carbocycles. The molecule has 9 nitrogen and oxygen atoms in total. The van der Waals surface area contributed by atoms with Crippen LogP contribution in [0.4, 0.5) is 4.39 Å². The number of halogens is 1. The molecular formula is C26H26FN7O2. The lowest BCUT2D eigenvalue weighted by Gasteiger charge is -2.36. The third-order valence-electron chi connectivity index (χ3n) is 6.69. The van der Waals surface area contributed by atoms with E-state index in [1.807, 2.05) is 36.3 Å². The van der Waals surface area contributed by atoms with Gasteiger partial charge in [-0.15, -0.1) is 15.3 Å². The van der Waals surface area contributed by atoms with E-state index in [0.717, 1.165) is 24.0 Å². The monoisotopic (exact) mass is 487 g/mol. The summed E-state index contributed by atoms with van der Waals surface area (Å²) < 4.78 is 28.3. The maximum Gasteiger partial charge on any atom is 0.235 e. The molecule has 184 valence electrons. The molecule has 2 aromatic carbocycles.